The molecule has 364 valence electrons. The second kappa shape index (κ2) is 60.0. The molecule has 0 aromatic heterocycles. The van der Waals surface area contributed by atoms with E-state index in [9.17, 15) is 38.4 Å². The largest absolute Gasteiger partial charge is 0.481 e. The lowest BCUT2D eigenvalue weighted by molar-refractivity contribution is -0.138. The van der Waals surface area contributed by atoms with Crippen LogP contribution in [0.5, 0.6) is 0 Å². The molecular weight excluding hydrogens is 828 g/mol. The smallest absolute Gasteiger partial charge is 0.330 e. The van der Waals surface area contributed by atoms with Crippen molar-refractivity contribution in [1.29, 1.82) is 0 Å². The van der Waals surface area contributed by atoms with Crippen molar-refractivity contribution in [3.8, 4) is 0 Å². The van der Waals surface area contributed by atoms with Crippen LogP contribution in [0.4, 0.5) is 0 Å². The van der Waals surface area contributed by atoms with Gasteiger partial charge in [0.15, 0.2) is 0 Å². The SMILES string of the molecule is C/C=C(\C)C(=O)O.C=CCCCC(=O)O.CC(=O)O.CC(C)CC(=O)O.CCC(=O)O.CCCC(=O)O.CCCCC(=O)O.CCCCCC(=O)O.O=C(O)/C=C/c1ccccc1. The van der Waals surface area contributed by atoms with Crippen molar-refractivity contribution in [1.82, 2.24) is 0 Å². The normalized spacial score (nSPS) is 9.08. The molecule has 0 spiro atoms. The van der Waals surface area contributed by atoms with Crippen LogP contribution in [0.15, 0.2) is 60.7 Å². The van der Waals surface area contributed by atoms with E-state index in [4.69, 9.17) is 50.8 Å². The van der Waals surface area contributed by atoms with Crippen LogP contribution in [-0.4, -0.2) is 99.7 Å². The van der Waals surface area contributed by atoms with Crippen molar-refractivity contribution in [2.45, 2.75) is 152 Å². The van der Waals surface area contributed by atoms with E-state index in [2.05, 4.69) is 13.5 Å². The van der Waals surface area contributed by atoms with E-state index in [0.29, 0.717) is 31.3 Å². The number of aliphatic carboxylic acids is 9. The van der Waals surface area contributed by atoms with E-state index < -0.39 is 53.7 Å². The predicted octanol–water partition coefficient (Wildman–Crippen LogP) is 9.72. The topological polar surface area (TPSA) is 336 Å². The molecule has 0 fully saturated rings. The first-order valence-electron chi connectivity index (χ1n) is 20.1. The molecule has 0 atom stereocenters. The summed E-state index contributed by atoms with van der Waals surface area (Å²) in [5.41, 5.74) is 1.29. The van der Waals surface area contributed by atoms with E-state index in [1.807, 2.05) is 58.0 Å². The van der Waals surface area contributed by atoms with Gasteiger partial charge in [0.2, 0.25) is 0 Å². The van der Waals surface area contributed by atoms with Crippen LogP contribution in [0.25, 0.3) is 6.08 Å². The van der Waals surface area contributed by atoms with E-state index in [1.54, 1.807) is 39.0 Å². The monoisotopic (exact) mass is 905 g/mol. The van der Waals surface area contributed by atoms with E-state index >= 15 is 0 Å². The van der Waals surface area contributed by atoms with Crippen LogP contribution in [0, 0.1) is 5.92 Å². The molecule has 0 bridgehead atoms. The van der Waals surface area contributed by atoms with Crippen LogP contribution in [-0.2, 0) is 43.2 Å². The van der Waals surface area contributed by atoms with Crippen LogP contribution >= 0.6 is 0 Å². The molecule has 0 aliphatic carbocycles. The van der Waals surface area contributed by atoms with Crippen molar-refractivity contribution in [3.63, 3.8) is 0 Å². The zero-order chi connectivity index (χ0) is 51.2. The number of carbonyl (C=O) groups is 9. The summed E-state index contributed by atoms with van der Waals surface area (Å²) < 4.78 is 0. The van der Waals surface area contributed by atoms with Crippen molar-refractivity contribution in [2.75, 3.05) is 0 Å². The van der Waals surface area contributed by atoms with Gasteiger partial charge in [-0.05, 0) is 63.5 Å². The maximum atomic E-state index is 10.1. The molecule has 0 heterocycles. The number of carboxylic acid groups (broad SMARTS) is 9. The Morgan fingerprint density at radius 2 is 0.968 bits per heavy atom. The summed E-state index contributed by atoms with van der Waals surface area (Å²) in [7, 11) is 0. The zero-order valence-electron chi connectivity index (χ0n) is 38.6. The Morgan fingerprint density at radius 1 is 0.571 bits per heavy atom. The van der Waals surface area contributed by atoms with Crippen molar-refractivity contribution < 1.29 is 89.1 Å². The molecule has 0 saturated carbocycles. The third-order valence-corrected chi connectivity index (χ3v) is 5.87. The van der Waals surface area contributed by atoms with Gasteiger partial charge >= 0.3 is 47.8 Å². The number of allylic oxidation sites excluding steroid dienone is 2. The molecule has 1 rings (SSSR count). The maximum absolute atomic E-state index is 10.1. The van der Waals surface area contributed by atoms with Crippen LogP contribution in [0.3, 0.4) is 0 Å². The van der Waals surface area contributed by atoms with Gasteiger partial charge in [-0.15, -0.1) is 6.58 Å². The molecule has 1 aromatic rings. The Morgan fingerprint density at radius 3 is 1.17 bits per heavy atom. The molecule has 1 aromatic carbocycles. The Kier molecular flexibility index (Phi) is 70.6. The molecule has 63 heavy (non-hydrogen) atoms. The van der Waals surface area contributed by atoms with Crippen LogP contribution in [0.1, 0.15) is 158 Å². The van der Waals surface area contributed by atoms with Gasteiger partial charge in [0, 0.05) is 57.1 Å². The summed E-state index contributed by atoms with van der Waals surface area (Å²) in [5, 5.41) is 71.8. The number of unbranched alkanes of at least 4 members (excludes halogenated alkanes) is 4. The Hall–Kier alpha value is -6.33. The summed E-state index contributed by atoms with van der Waals surface area (Å²) in [4.78, 5) is 87.2. The minimum atomic E-state index is -0.922. The highest BCUT2D eigenvalue weighted by molar-refractivity contribution is 5.85. The fourth-order valence-electron chi connectivity index (χ4n) is 2.67. The van der Waals surface area contributed by atoms with Gasteiger partial charge in [0.1, 0.15) is 0 Å². The Balaban J connectivity index is -0.0000000912. The highest BCUT2D eigenvalue weighted by Gasteiger charge is 1.98. The number of benzene rings is 1. The van der Waals surface area contributed by atoms with Gasteiger partial charge in [-0.2, -0.15) is 0 Å². The molecule has 0 aliphatic rings. The van der Waals surface area contributed by atoms with Gasteiger partial charge < -0.3 is 46.0 Å². The highest BCUT2D eigenvalue weighted by atomic mass is 16.4. The molecule has 0 unspecified atom stereocenters. The molecular formula is C45H76O18. The molecule has 18 nitrogen and oxygen atoms in total. The standard InChI is InChI=1S/C9H8O2.C6H12O2.C6H10O2.C5H10O2.C5H8O2.C5H10O2.C4H8O2.C3H6O2.C2H4O2/c10-9(11)7-6-8-4-2-1-3-5-8;2*1-2-3-4-5-6(7)8;1-4(2)3-5(6)7;1-3-4(2)5(6)7;1-2-3-4-5(6)7;1-2-3-4(5)6;1-2-3(4)5;1-2(3)4/h1-7H,(H,10,11);2-5H2,1H3,(H,7,8);2H,1,3-5H2,(H,7,8);4H,3H2,1-2H3,(H,6,7);3H,1-2H3,(H,6,7);2-4H2,1H3,(H,6,7);2-3H2,1H3,(H,5,6);2H2,1H3,(H,4,5);1H3,(H,3,4)/b7-6+;;;;4-3+;;;;. The van der Waals surface area contributed by atoms with Gasteiger partial charge in [-0.3, -0.25) is 33.6 Å². The van der Waals surface area contributed by atoms with E-state index in [-0.39, 0.29) is 25.2 Å². The van der Waals surface area contributed by atoms with Gasteiger partial charge in [-0.1, -0.05) is 103 Å². The van der Waals surface area contributed by atoms with Gasteiger partial charge in [0.05, 0.1) is 0 Å². The second-order valence-electron chi connectivity index (χ2n) is 12.7. The molecule has 0 amide bonds. The van der Waals surface area contributed by atoms with Crippen molar-refractivity contribution in [3.05, 3.63) is 66.3 Å². The van der Waals surface area contributed by atoms with E-state index in [1.165, 1.54) is 0 Å². The fraction of sp³-hybridized carbons (Fsp3) is 0.533. The van der Waals surface area contributed by atoms with Gasteiger partial charge in [-0.25, -0.2) is 9.59 Å². The lowest BCUT2D eigenvalue weighted by Gasteiger charge is -1.94. The number of hydrogen-bond acceptors (Lipinski definition) is 9. The first-order chi connectivity index (χ1) is 29.2. The summed E-state index contributed by atoms with van der Waals surface area (Å²) in [6, 6.07) is 9.31. The lowest BCUT2D eigenvalue weighted by Crippen LogP contribution is -1.99. The van der Waals surface area contributed by atoms with Crippen molar-refractivity contribution in [2.24, 2.45) is 5.92 Å². The molecule has 18 heteroatoms. The summed E-state index contributed by atoms with van der Waals surface area (Å²) in [6.45, 7) is 19.0. The van der Waals surface area contributed by atoms with Crippen molar-refractivity contribution >= 4 is 59.8 Å². The summed E-state index contributed by atoms with van der Waals surface area (Å²) >= 11 is 0. The first kappa shape index (κ1) is 74.1. The minimum Gasteiger partial charge on any atom is -0.481 e. The second-order valence-corrected chi connectivity index (χ2v) is 12.7. The molecule has 0 aliphatic heterocycles. The van der Waals surface area contributed by atoms with Crippen LogP contribution < -0.4 is 0 Å². The minimum absolute atomic E-state index is 0.222. The average molecular weight is 905 g/mol. The summed E-state index contributed by atoms with van der Waals surface area (Å²) in [5.74, 6) is -6.60. The molecule has 0 radical (unpaired) electrons. The zero-order valence-corrected chi connectivity index (χ0v) is 38.6. The number of hydrogen-bond donors (Lipinski definition) is 9. The van der Waals surface area contributed by atoms with Gasteiger partial charge in [0.25, 0.3) is 5.97 Å². The van der Waals surface area contributed by atoms with E-state index in [0.717, 1.165) is 63.5 Å². The quantitative estimate of drug-likeness (QED) is 0.0354. The predicted molar refractivity (Wildman–Crippen MR) is 242 cm³/mol. The highest BCUT2D eigenvalue weighted by Crippen LogP contribution is 2.00. The fourth-order valence-corrected chi connectivity index (χ4v) is 2.67. The van der Waals surface area contributed by atoms with Crippen LogP contribution in [0.2, 0.25) is 0 Å². The lowest BCUT2D eigenvalue weighted by atomic mass is 10.1. The molecule has 9 N–H and O–H groups in total. The molecule has 0 saturated heterocycles. The third kappa shape index (κ3) is 126. The third-order valence-electron chi connectivity index (χ3n) is 5.87. The average Bonchev–Trinajstić information content (AvgIpc) is 3.17. The Bertz CT molecular complexity index is 1390. The first-order valence-corrected chi connectivity index (χ1v) is 20.1. The summed E-state index contributed by atoms with van der Waals surface area (Å²) in [6.07, 6.45) is 14.6. The maximum Gasteiger partial charge on any atom is 0.330 e. The Labute approximate surface area is 372 Å². The number of rotatable bonds is 19. The number of carboxylic acids is 9.